The van der Waals surface area contributed by atoms with Crippen molar-refractivity contribution in [1.29, 1.82) is 0 Å². The molecule has 1 atom stereocenters. The van der Waals surface area contributed by atoms with Gasteiger partial charge in [-0.15, -0.1) is 0 Å². The van der Waals surface area contributed by atoms with Crippen LogP contribution in [0.25, 0.3) is 0 Å². The summed E-state index contributed by atoms with van der Waals surface area (Å²) in [6.07, 6.45) is 0.877. The summed E-state index contributed by atoms with van der Waals surface area (Å²) in [5.41, 5.74) is 7.13. The van der Waals surface area contributed by atoms with E-state index in [0.29, 0.717) is 11.7 Å². The molecule has 2 aromatic rings. The van der Waals surface area contributed by atoms with Gasteiger partial charge in [0.2, 0.25) is 0 Å². The average molecular weight is 260 g/mol. The van der Waals surface area contributed by atoms with E-state index in [0.717, 1.165) is 23.6 Å². The molecule has 0 aliphatic heterocycles. The standard InChI is InChI=1S/C14H20N4O/c1-9(2)8-12-16-14(18-17-12)13(15)10-4-6-11(19-3)7-5-10/h4-7,9,13H,8,15H2,1-3H3,(H,16,17,18). The topological polar surface area (TPSA) is 76.8 Å². The first-order valence-electron chi connectivity index (χ1n) is 6.41. The molecule has 5 heteroatoms. The number of hydrogen-bond acceptors (Lipinski definition) is 4. The maximum absolute atomic E-state index is 6.17. The van der Waals surface area contributed by atoms with Gasteiger partial charge < -0.3 is 10.5 Å². The van der Waals surface area contributed by atoms with Gasteiger partial charge in [-0.1, -0.05) is 26.0 Å². The molecule has 2 rings (SSSR count). The molecule has 0 amide bonds. The lowest BCUT2D eigenvalue weighted by Crippen LogP contribution is -2.13. The Balaban J connectivity index is 2.13. The second-order valence-electron chi connectivity index (χ2n) is 4.99. The Bertz CT molecular complexity index is 518. The zero-order chi connectivity index (χ0) is 13.8. The Morgan fingerprint density at radius 2 is 1.95 bits per heavy atom. The highest BCUT2D eigenvalue weighted by molar-refractivity contribution is 5.31. The first-order valence-corrected chi connectivity index (χ1v) is 6.41. The third-order valence-electron chi connectivity index (χ3n) is 2.90. The number of nitrogens with one attached hydrogen (secondary N) is 1. The van der Waals surface area contributed by atoms with Crippen LogP contribution in [0.5, 0.6) is 5.75 Å². The summed E-state index contributed by atoms with van der Waals surface area (Å²) in [6, 6.07) is 7.32. The second kappa shape index (κ2) is 5.84. The molecule has 102 valence electrons. The van der Waals surface area contributed by atoms with E-state index >= 15 is 0 Å². The summed E-state index contributed by atoms with van der Waals surface area (Å²) in [6.45, 7) is 4.29. The molecule has 0 spiro atoms. The molecule has 19 heavy (non-hydrogen) atoms. The van der Waals surface area contributed by atoms with E-state index < -0.39 is 0 Å². The van der Waals surface area contributed by atoms with E-state index in [-0.39, 0.29) is 6.04 Å². The van der Waals surface area contributed by atoms with Crippen LogP contribution in [-0.4, -0.2) is 22.3 Å². The number of nitrogens with zero attached hydrogens (tertiary/aromatic N) is 2. The molecule has 1 unspecified atom stereocenters. The molecule has 5 nitrogen and oxygen atoms in total. The zero-order valence-electron chi connectivity index (χ0n) is 11.6. The van der Waals surface area contributed by atoms with E-state index in [4.69, 9.17) is 10.5 Å². The van der Waals surface area contributed by atoms with Crippen molar-refractivity contribution in [3.8, 4) is 5.75 Å². The van der Waals surface area contributed by atoms with Crippen LogP contribution < -0.4 is 10.5 Å². The molecule has 3 N–H and O–H groups in total. The van der Waals surface area contributed by atoms with Crippen LogP contribution in [0.15, 0.2) is 24.3 Å². The van der Waals surface area contributed by atoms with Crippen molar-refractivity contribution < 1.29 is 4.74 Å². The van der Waals surface area contributed by atoms with Crippen LogP contribution >= 0.6 is 0 Å². The number of hydrogen-bond donors (Lipinski definition) is 2. The first-order chi connectivity index (χ1) is 9.10. The largest absolute Gasteiger partial charge is 0.497 e. The van der Waals surface area contributed by atoms with E-state index in [1.54, 1.807) is 7.11 Å². The minimum atomic E-state index is -0.317. The Hall–Kier alpha value is -1.88. The number of aromatic amines is 1. The van der Waals surface area contributed by atoms with Crippen molar-refractivity contribution in [2.75, 3.05) is 7.11 Å². The fraction of sp³-hybridized carbons (Fsp3) is 0.429. The van der Waals surface area contributed by atoms with E-state index in [9.17, 15) is 0 Å². The van der Waals surface area contributed by atoms with Gasteiger partial charge in [0.1, 0.15) is 11.6 Å². The van der Waals surface area contributed by atoms with Crippen molar-refractivity contribution in [1.82, 2.24) is 15.2 Å². The van der Waals surface area contributed by atoms with E-state index in [1.807, 2.05) is 24.3 Å². The number of H-pyrrole nitrogens is 1. The molecular formula is C14H20N4O. The Kier molecular flexibility index (Phi) is 4.16. The number of benzene rings is 1. The Labute approximate surface area is 113 Å². The molecule has 0 saturated carbocycles. The summed E-state index contributed by atoms with van der Waals surface area (Å²) < 4.78 is 5.12. The third-order valence-corrected chi connectivity index (χ3v) is 2.90. The summed E-state index contributed by atoms with van der Waals surface area (Å²) in [7, 11) is 1.64. The number of aromatic nitrogens is 3. The number of ether oxygens (including phenoxy) is 1. The van der Waals surface area contributed by atoms with Crippen LogP contribution in [0.1, 0.15) is 37.1 Å². The van der Waals surface area contributed by atoms with Gasteiger partial charge in [-0.2, -0.15) is 5.10 Å². The van der Waals surface area contributed by atoms with Crippen molar-refractivity contribution in [2.45, 2.75) is 26.3 Å². The first kappa shape index (κ1) is 13.5. The van der Waals surface area contributed by atoms with Crippen LogP contribution in [0.3, 0.4) is 0 Å². The van der Waals surface area contributed by atoms with E-state index in [1.165, 1.54) is 0 Å². The molecule has 0 saturated heterocycles. The smallest absolute Gasteiger partial charge is 0.171 e. The predicted molar refractivity (Wildman–Crippen MR) is 73.9 cm³/mol. The quantitative estimate of drug-likeness (QED) is 0.862. The Morgan fingerprint density at radius 1 is 1.26 bits per heavy atom. The van der Waals surface area contributed by atoms with Gasteiger partial charge in [-0.25, -0.2) is 4.98 Å². The molecule has 0 fully saturated rings. The normalized spacial score (nSPS) is 12.7. The van der Waals surface area contributed by atoms with Gasteiger partial charge in [0.15, 0.2) is 5.82 Å². The van der Waals surface area contributed by atoms with Crippen molar-refractivity contribution in [3.05, 3.63) is 41.5 Å². The van der Waals surface area contributed by atoms with Crippen LogP contribution in [0.2, 0.25) is 0 Å². The number of nitrogens with two attached hydrogens (primary N) is 1. The predicted octanol–water partition coefficient (Wildman–Crippen LogP) is 2.06. The fourth-order valence-electron chi connectivity index (χ4n) is 1.89. The molecule has 1 aromatic carbocycles. The summed E-state index contributed by atoms with van der Waals surface area (Å²) in [4.78, 5) is 4.45. The van der Waals surface area contributed by atoms with Crippen molar-refractivity contribution >= 4 is 0 Å². The highest BCUT2D eigenvalue weighted by atomic mass is 16.5. The lowest BCUT2D eigenvalue weighted by atomic mass is 10.1. The SMILES string of the molecule is COc1ccc(C(N)c2n[nH]c(CC(C)C)n2)cc1. The van der Waals surface area contributed by atoms with Crippen LogP contribution in [-0.2, 0) is 6.42 Å². The van der Waals surface area contributed by atoms with Gasteiger partial charge in [0, 0.05) is 6.42 Å². The average Bonchev–Trinajstić information content (AvgIpc) is 2.85. The number of methoxy groups -OCH3 is 1. The maximum Gasteiger partial charge on any atom is 0.171 e. The van der Waals surface area contributed by atoms with Crippen LogP contribution in [0, 0.1) is 5.92 Å². The van der Waals surface area contributed by atoms with Gasteiger partial charge >= 0.3 is 0 Å². The number of rotatable bonds is 5. The molecule has 0 aliphatic rings. The molecular weight excluding hydrogens is 240 g/mol. The van der Waals surface area contributed by atoms with Gasteiger partial charge in [-0.05, 0) is 23.6 Å². The van der Waals surface area contributed by atoms with Gasteiger partial charge in [0.25, 0.3) is 0 Å². The van der Waals surface area contributed by atoms with Crippen LogP contribution in [0.4, 0.5) is 0 Å². The molecule has 1 aromatic heterocycles. The van der Waals surface area contributed by atoms with Gasteiger partial charge in [0.05, 0.1) is 13.2 Å². The summed E-state index contributed by atoms with van der Waals surface area (Å²) in [5.74, 6) is 2.86. The summed E-state index contributed by atoms with van der Waals surface area (Å²) in [5, 5.41) is 7.14. The minimum Gasteiger partial charge on any atom is -0.497 e. The van der Waals surface area contributed by atoms with Crippen molar-refractivity contribution in [3.63, 3.8) is 0 Å². The molecule has 0 radical (unpaired) electrons. The Morgan fingerprint density at radius 3 is 2.53 bits per heavy atom. The molecule has 0 bridgehead atoms. The monoisotopic (exact) mass is 260 g/mol. The maximum atomic E-state index is 6.17. The summed E-state index contributed by atoms with van der Waals surface area (Å²) >= 11 is 0. The van der Waals surface area contributed by atoms with Crippen molar-refractivity contribution in [2.24, 2.45) is 11.7 Å². The minimum absolute atomic E-state index is 0.317. The lowest BCUT2D eigenvalue weighted by molar-refractivity contribution is 0.414. The third kappa shape index (κ3) is 3.32. The van der Waals surface area contributed by atoms with Gasteiger partial charge in [-0.3, -0.25) is 5.10 Å². The second-order valence-corrected chi connectivity index (χ2v) is 4.99. The highest BCUT2D eigenvalue weighted by Crippen LogP contribution is 2.19. The fourth-order valence-corrected chi connectivity index (χ4v) is 1.89. The highest BCUT2D eigenvalue weighted by Gasteiger charge is 2.15. The molecule has 0 aliphatic carbocycles. The molecule has 1 heterocycles. The zero-order valence-corrected chi connectivity index (χ0v) is 11.6. The van der Waals surface area contributed by atoms with E-state index in [2.05, 4.69) is 29.0 Å². The lowest BCUT2D eigenvalue weighted by Gasteiger charge is -2.08.